The molecule has 130 valence electrons. The van der Waals surface area contributed by atoms with E-state index in [0.29, 0.717) is 43.3 Å². The highest BCUT2D eigenvalue weighted by molar-refractivity contribution is 6.36. The van der Waals surface area contributed by atoms with Crippen LogP contribution in [0.2, 0.25) is 10.2 Å². The molecule has 0 N–H and O–H groups in total. The van der Waals surface area contributed by atoms with E-state index < -0.39 is 5.82 Å². The molecule has 1 saturated heterocycles. The number of anilines is 1. The number of aryl methyl sites for hydroxylation is 1. The average Bonchev–Trinajstić information content (AvgIpc) is 2.96. The fraction of sp³-hybridized carbons (Fsp3) is 0.294. The van der Waals surface area contributed by atoms with Crippen LogP contribution in [0.5, 0.6) is 0 Å². The van der Waals surface area contributed by atoms with E-state index in [-0.39, 0.29) is 15.7 Å². The molecule has 4 rings (SSSR count). The Labute approximate surface area is 153 Å². The lowest BCUT2D eigenvalue weighted by atomic mass is 10.1. The van der Waals surface area contributed by atoms with Gasteiger partial charge in [-0.3, -0.25) is 0 Å². The molecule has 1 fully saturated rings. The van der Waals surface area contributed by atoms with Gasteiger partial charge in [0.1, 0.15) is 16.8 Å². The highest BCUT2D eigenvalue weighted by Crippen LogP contribution is 2.41. The molecular weight excluding hydrogens is 366 g/mol. The summed E-state index contributed by atoms with van der Waals surface area (Å²) in [5.74, 6) is 0.229. The highest BCUT2D eigenvalue weighted by atomic mass is 35.5. The lowest BCUT2D eigenvalue weighted by Crippen LogP contribution is -2.38. The smallest absolute Gasteiger partial charge is 0.161 e. The van der Waals surface area contributed by atoms with Gasteiger partial charge in [-0.2, -0.15) is 9.61 Å². The minimum absolute atomic E-state index is 0.199. The molecule has 0 aliphatic carbocycles. The van der Waals surface area contributed by atoms with Crippen molar-refractivity contribution in [1.29, 1.82) is 0 Å². The molecule has 0 radical (unpaired) electrons. The van der Waals surface area contributed by atoms with Crippen LogP contribution in [0, 0.1) is 12.7 Å². The Bertz CT molecular complexity index is 933. The van der Waals surface area contributed by atoms with Gasteiger partial charge >= 0.3 is 0 Å². The number of ether oxygens (including phenoxy) is 1. The van der Waals surface area contributed by atoms with Crippen LogP contribution in [0.4, 0.5) is 10.2 Å². The SMILES string of the molecule is Cc1cnn2c(N3CCOCC3)c(-c3c(F)cccc3Cl)c(Cl)nc12. The van der Waals surface area contributed by atoms with Crippen molar-refractivity contribution in [2.75, 3.05) is 31.2 Å². The number of benzene rings is 1. The number of hydrogen-bond acceptors (Lipinski definition) is 4. The summed E-state index contributed by atoms with van der Waals surface area (Å²) in [5.41, 5.74) is 2.21. The lowest BCUT2D eigenvalue weighted by Gasteiger charge is -2.31. The third kappa shape index (κ3) is 2.74. The number of morpholine rings is 1. The molecule has 2 aromatic heterocycles. The Balaban J connectivity index is 2.07. The van der Waals surface area contributed by atoms with E-state index in [9.17, 15) is 4.39 Å². The van der Waals surface area contributed by atoms with Gasteiger partial charge in [0.05, 0.1) is 30.0 Å². The number of nitrogens with zero attached hydrogens (tertiary/aromatic N) is 4. The monoisotopic (exact) mass is 380 g/mol. The first kappa shape index (κ1) is 16.6. The zero-order valence-electron chi connectivity index (χ0n) is 13.5. The third-order valence-electron chi connectivity index (χ3n) is 4.28. The topological polar surface area (TPSA) is 42.7 Å². The van der Waals surface area contributed by atoms with Gasteiger partial charge in [-0.1, -0.05) is 29.3 Å². The summed E-state index contributed by atoms with van der Waals surface area (Å²) >= 11 is 12.8. The molecule has 1 aliphatic heterocycles. The number of aromatic nitrogens is 3. The number of rotatable bonds is 2. The van der Waals surface area contributed by atoms with E-state index in [0.717, 1.165) is 5.56 Å². The first-order chi connectivity index (χ1) is 12.1. The Morgan fingerprint density at radius 3 is 2.64 bits per heavy atom. The fourth-order valence-corrected chi connectivity index (χ4v) is 3.60. The van der Waals surface area contributed by atoms with Gasteiger partial charge < -0.3 is 9.64 Å². The van der Waals surface area contributed by atoms with Gasteiger partial charge in [0, 0.05) is 24.2 Å². The predicted octanol–water partition coefficient (Wildman–Crippen LogP) is 3.99. The quantitative estimate of drug-likeness (QED) is 0.630. The van der Waals surface area contributed by atoms with Crippen LogP contribution in [0.1, 0.15) is 5.56 Å². The number of halogens is 3. The van der Waals surface area contributed by atoms with Gasteiger partial charge in [-0.15, -0.1) is 0 Å². The van der Waals surface area contributed by atoms with Crippen LogP contribution in [0.15, 0.2) is 24.4 Å². The van der Waals surface area contributed by atoms with Crippen LogP contribution >= 0.6 is 23.2 Å². The molecule has 0 bridgehead atoms. The van der Waals surface area contributed by atoms with Crippen molar-refractivity contribution in [2.24, 2.45) is 0 Å². The molecule has 1 aromatic carbocycles. The molecule has 0 spiro atoms. The Hall–Kier alpha value is -1.89. The first-order valence-electron chi connectivity index (χ1n) is 7.89. The molecule has 8 heteroatoms. The van der Waals surface area contributed by atoms with E-state index >= 15 is 0 Å². The fourth-order valence-electron chi connectivity index (χ4n) is 3.08. The number of fused-ring (bicyclic) bond motifs is 1. The van der Waals surface area contributed by atoms with Crippen molar-refractivity contribution < 1.29 is 9.13 Å². The molecule has 5 nitrogen and oxygen atoms in total. The molecular formula is C17H15Cl2FN4O. The Morgan fingerprint density at radius 1 is 1.16 bits per heavy atom. The summed E-state index contributed by atoms with van der Waals surface area (Å²) in [6.07, 6.45) is 1.72. The normalized spacial score (nSPS) is 15.1. The van der Waals surface area contributed by atoms with Crippen LogP contribution in [-0.2, 0) is 4.74 Å². The standard InChI is InChI=1S/C17H15Cl2FN4O/c1-10-9-21-24-16(10)22-15(19)14(13-11(18)3-2-4-12(13)20)17(24)23-5-7-25-8-6-23/h2-4,9H,5-8H2,1H3. The van der Waals surface area contributed by atoms with Gasteiger partial charge in [0.15, 0.2) is 5.65 Å². The van der Waals surface area contributed by atoms with E-state index in [1.165, 1.54) is 6.07 Å². The van der Waals surface area contributed by atoms with Crippen molar-refractivity contribution >= 4 is 34.7 Å². The van der Waals surface area contributed by atoms with Crippen LogP contribution in [0.25, 0.3) is 16.8 Å². The summed E-state index contributed by atoms with van der Waals surface area (Å²) < 4.78 is 21.8. The van der Waals surface area contributed by atoms with Crippen LogP contribution < -0.4 is 4.90 Å². The summed E-state index contributed by atoms with van der Waals surface area (Å²) in [6.45, 7) is 4.35. The van der Waals surface area contributed by atoms with Crippen molar-refractivity contribution in [3.63, 3.8) is 0 Å². The van der Waals surface area contributed by atoms with E-state index in [1.807, 2.05) is 6.92 Å². The Morgan fingerprint density at radius 2 is 1.92 bits per heavy atom. The van der Waals surface area contributed by atoms with Gasteiger partial charge in [-0.05, 0) is 19.1 Å². The largest absolute Gasteiger partial charge is 0.378 e. The summed E-state index contributed by atoms with van der Waals surface area (Å²) in [6, 6.07) is 4.56. The second-order valence-corrected chi connectivity index (χ2v) is 6.63. The van der Waals surface area contributed by atoms with E-state index in [1.54, 1.807) is 22.8 Å². The summed E-state index contributed by atoms with van der Waals surface area (Å²) in [5, 5.41) is 4.91. The molecule has 0 amide bonds. The molecule has 0 saturated carbocycles. The minimum atomic E-state index is -0.450. The van der Waals surface area contributed by atoms with Crippen molar-refractivity contribution in [2.45, 2.75) is 6.92 Å². The van der Waals surface area contributed by atoms with Crippen LogP contribution in [-0.4, -0.2) is 40.9 Å². The van der Waals surface area contributed by atoms with Gasteiger partial charge in [0.25, 0.3) is 0 Å². The second kappa shape index (κ2) is 6.44. The van der Waals surface area contributed by atoms with Crippen molar-refractivity contribution in [3.8, 4) is 11.1 Å². The summed E-state index contributed by atoms with van der Waals surface area (Å²) in [7, 11) is 0. The molecule has 3 heterocycles. The average molecular weight is 381 g/mol. The second-order valence-electron chi connectivity index (χ2n) is 5.86. The molecule has 0 unspecified atom stereocenters. The minimum Gasteiger partial charge on any atom is -0.378 e. The first-order valence-corrected chi connectivity index (χ1v) is 8.64. The zero-order valence-corrected chi connectivity index (χ0v) is 15.0. The molecule has 0 atom stereocenters. The van der Waals surface area contributed by atoms with Gasteiger partial charge in [-0.25, -0.2) is 9.37 Å². The third-order valence-corrected chi connectivity index (χ3v) is 4.87. The highest BCUT2D eigenvalue weighted by Gasteiger charge is 2.27. The van der Waals surface area contributed by atoms with Crippen molar-refractivity contribution in [1.82, 2.24) is 14.6 Å². The maximum absolute atomic E-state index is 14.6. The maximum Gasteiger partial charge on any atom is 0.161 e. The zero-order chi connectivity index (χ0) is 17.6. The van der Waals surface area contributed by atoms with Crippen molar-refractivity contribution in [3.05, 3.63) is 46.0 Å². The molecule has 1 aliphatic rings. The lowest BCUT2D eigenvalue weighted by molar-refractivity contribution is 0.122. The molecule has 3 aromatic rings. The predicted molar refractivity (Wildman–Crippen MR) is 96.2 cm³/mol. The van der Waals surface area contributed by atoms with E-state index in [2.05, 4.69) is 15.0 Å². The number of hydrogen-bond donors (Lipinski definition) is 0. The van der Waals surface area contributed by atoms with E-state index in [4.69, 9.17) is 27.9 Å². The van der Waals surface area contributed by atoms with Gasteiger partial charge in [0.2, 0.25) is 0 Å². The Kier molecular flexibility index (Phi) is 4.27. The molecule has 25 heavy (non-hydrogen) atoms. The van der Waals surface area contributed by atoms with Crippen LogP contribution in [0.3, 0.4) is 0 Å². The maximum atomic E-state index is 14.6. The summed E-state index contributed by atoms with van der Waals surface area (Å²) in [4.78, 5) is 6.51.